The lowest BCUT2D eigenvalue weighted by atomic mass is 9.90. The van der Waals surface area contributed by atoms with Gasteiger partial charge in [-0.05, 0) is 116 Å². The molecule has 2 heterocycles. The molecule has 11 rings (SSSR count). The zero-order valence-electron chi connectivity index (χ0n) is 33.2. The van der Waals surface area contributed by atoms with Crippen LogP contribution in [0.3, 0.4) is 0 Å². The van der Waals surface area contributed by atoms with Gasteiger partial charge < -0.3 is 4.42 Å². The Bertz CT molecular complexity index is 3280. The molecular formula is C58H38N2O. The van der Waals surface area contributed by atoms with Crippen molar-refractivity contribution in [3.05, 3.63) is 231 Å². The second-order valence-corrected chi connectivity index (χ2v) is 15.4. The highest BCUT2D eigenvalue weighted by Gasteiger charge is 2.17. The number of fused-ring (bicyclic) bond motifs is 3. The zero-order chi connectivity index (χ0) is 40.5. The lowest BCUT2D eigenvalue weighted by molar-refractivity contribution is 0.669. The fourth-order valence-corrected chi connectivity index (χ4v) is 8.44. The van der Waals surface area contributed by atoms with E-state index >= 15 is 0 Å². The number of hydrogen-bond donors (Lipinski definition) is 0. The van der Waals surface area contributed by atoms with Crippen molar-refractivity contribution < 1.29 is 4.42 Å². The summed E-state index contributed by atoms with van der Waals surface area (Å²) in [7, 11) is 0. The maximum absolute atomic E-state index is 6.26. The summed E-state index contributed by atoms with van der Waals surface area (Å²) >= 11 is 0. The zero-order valence-corrected chi connectivity index (χ0v) is 33.2. The van der Waals surface area contributed by atoms with E-state index in [1.165, 1.54) is 11.1 Å². The third-order valence-corrected chi connectivity index (χ3v) is 11.5. The number of nitrogens with zero attached hydrogens (tertiary/aromatic N) is 2. The highest BCUT2D eigenvalue weighted by atomic mass is 16.3. The van der Waals surface area contributed by atoms with Crippen LogP contribution in [0.5, 0.6) is 0 Å². The Balaban J connectivity index is 1.15. The monoisotopic (exact) mass is 778 g/mol. The molecule has 0 amide bonds. The number of benzene rings is 9. The van der Waals surface area contributed by atoms with E-state index in [-0.39, 0.29) is 0 Å². The van der Waals surface area contributed by atoms with Crippen LogP contribution in [0.1, 0.15) is 0 Å². The van der Waals surface area contributed by atoms with Crippen LogP contribution < -0.4 is 0 Å². The van der Waals surface area contributed by atoms with Gasteiger partial charge in [-0.15, -0.1) is 0 Å². The largest absolute Gasteiger partial charge is 0.456 e. The number of para-hydroxylation sites is 1. The molecule has 0 saturated carbocycles. The molecule has 0 fully saturated rings. The second-order valence-electron chi connectivity index (χ2n) is 15.4. The molecule has 286 valence electrons. The SMILES string of the molecule is c1ccc(-c2cc(-c3ccccc3)cc(-c3cc(-c4cc(-c5ccc6oc7ccccc7c6c5)cc(-c5ccccc5-c5ccccc5)c4)nc(-c4ccccc4)n3)c2)cc1. The van der Waals surface area contributed by atoms with Gasteiger partial charge in [-0.25, -0.2) is 9.97 Å². The number of hydrogen-bond acceptors (Lipinski definition) is 3. The van der Waals surface area contributed by atoms with Gasteiger partial charge in [0, 0.05) is 27.5 Å². The molecule has 0 saturated heterocycles. The molecule has 0 bridgehead atoms. The third kappa shape index (κ3) is 7.09. The van der Waals surface area contributed by atoms with Gasteiger partial charge in [0.2, 0.25) is 0 Å². The molecule has 3 heteroatoms. The van der Waals surface area contributed by atoms with Gasteiger partial charge in [0.1, 0.15) is 11.2 Å². The van der Waals surface area contributed by atoms with Crippen molar-refractivity contribution in [2.75, 3.05) is 0 Å². The van der Waals surface area contributed by atoms with E-state index in [1.54, 1.807) is 0 Å². The summed E-state index contributed by atoms with van der Waals surface area (Å²) in [6.07, 6.45) is 0. The Kier molecular flexibility index (Phi) is 9.18. The summed E-state index contributed by atoms with van der Waals surface area (Å²) in [5.74, 6) is 0.669. The van der Waals surface area contributed by atoms with E-state index in [0.29, 0.717) is 5.82 Å². The van der Waals surface area contributed by atoms with Crippen molar-refractivity contribution >= 4 is 21.9 Å². The Morgan fingerprint density at radius 3 is 1.28 bits per heavy atom. The van der Waals surface area contributed by atoms with E-state index in [2.05, 4.69) is 200 Å². The Morgan fingerprint density at radius 2 is 0.672 bits per heavy atom. The second kappa shape index (κ2) is 15.6. The van der Waals surface area contributed by atoms with E-state index < -0.39 is 0 Å². The van der Waals surface area contributed by atoms with Gasteiger partial charge in [0.15, 0.2) is 5.82 Å². The number of aromatic nitrogens is 2. The first-order chi connectivity index (χ1) is 30.2. The van der Waals surface area contributed by atoms with Crippen LogP contribution in [0, 0.1) is 0 Å². The average molecular weight is 779 g/mol. The van der Waals surface area contributed by atoms with Crippen LogP contribution in [0.2, 0.25) is 0 Å². The predicted octanol–water partition coefficient (Wildman–Crippen LogP) is 15.7. The van der Waals surface area contributed by atoms with Crippen molar-refractivity contribution in [1.82, 2.24) is 9.97 Å². The van der Waals surface area contributed by atoms with Crippen LogP contribution in [0.15, 0.2) is 235 Å². The van der Waals surface area contributed by atoms with Gasteiger partial charge in [-0.2, -0.15) is 0 Å². The van der Waals surface area contributed by atoms with Gasteiger partial charge in [0.25, 0.3) is 0 Å². The summed E-state index contributed by atoms with van der Waals surface area (Å²) < 4.78 is 6.26. The predicted molar refractivity (Wildman–Crippen MR) is 253 cm³/mol. The fraction of sp³-hybridized carbons (Fsp3) is 0. The lowest BCUT2D eigenvalue weighted by Gasteiger charge is -2.16. The molecule has 0 N–H and O–H groups in total. The topological polar surface area (TPSA) is 38.9 Å². The maximum atomic E-state index is 6.26. The molecule has 3 nitrogen and oxygen atoms in total. The Morgan fingerprint density at radius 1 is 0.246 bits per heavy atom. The van der Waals surface area contributed by atoms with Crippen LogP contribution in [0.25, 0.3) is 111 Å². The van der Waals surface area contributed by atoms with Crippen LogP contribution in [-0.4, -0.2) is 9.97 Å². The molecule has 11 aromatic rings. The molecule has 9 aromatic carbocycles. The highest BCUT2D eigenvalue weighted by Crippen LogP contribution is 2.41. The van der Waals surface area contributed by atoms with Crippen molar-refractivity contribution in [1.29, 1.82) is 0 Å². The highest BCUT2D eigenvalue weighted by molar-refractivity contribution is 6.06. The standard InChI is InChI=1S/C58H38N2O/c1-5-17-39(18-6-1)44-31-45(40-19-7-2-8-20-40)34-48(33-44)54-38-55(60-58(59-54)42-23-11-4-12-24-42)49-35-46(43-29-30-57-53(37-43)52-27-15-16-28-56(52)61-57)32-47(36-49)51-26-14-13-25-50(51)41-21-9-3-10-22-41/h1-38H. The summed E-state index contributed by atoms with van der Waals surface area (Å²) in [6.45, 7) is 0. The van der Waals surface area contributed by atoms with Gasteiger partial charge in [-0.3, -0.25) is 0 Å². The van der Waals surface area contributed by atoms with Crippen molar-refractivity contribution in [3.8, 4) is 89.5 Å². The smallest absolute Gasteiger partial charge is 0.160 e. The first-order valence-corrected chi connectivity index (χ1v) is 20.6. The summed E-state index contributed by atoms with van der Waals surface area (Å²) in [5.41, 5.74) is 17.7. The molecule has 61 heavy (non-hydrogen) atoms. The van der Waals surface area contributed by atoms with E-state index in [0.717, 1.165) is 94.5 Å². The van der Waals surface area contributed by atoms with Crippen LogP contribution in [0.4, 0.5) is 0 Å². The molecule has 0 radical (unpaired) electrons. The first kappa shape index (κ1) is 36.0. The molecular weight excluding hydrogens is 741 g/mol. The normalized spacial score (nSPS) is 11.3. The van der Waals surface area contributed by atoms with Crippen molar-refractivity contribution in [2.45, 2.75) is 0 Å². The molecule has 2 aromatic heterocycles. The third-order valence-electron chi connectivity index (χ3n) is 11.5. The van der Waals surface area contributed by atoms with Crippen LogP contribution in [-0.2, 0) is 0 Å². The average Bonchev–Trinajstić information content (AvgIpc) is 3.73. The maximum Gasteiger partial charge on any atom is 0.160 e. The Hall–Kier alpha value is -8.14. The number of furan rings is 1. The molecule has 0 atom stereocenters. The van der Waals surface area contributed by atoms with Crippen molar-refractivity contribution in [3.63, 3.8) is 0 Å². The molecule has 0 aliphatic carbocycles. The van der Waals surface area contributed by atoms with Gasteiger partial charge >= 0.3 is 0 Å². The van der Waals surface area contributed by atoms with Crippen molar-refractivity contribution in [2.24, 2.45) is 0 Å². The molecule has 0 aliphatic heterocycles. The summed E-state index contributed by atoms with van der Waals surface area (Å²) in [5, 5.41) is 2.19. The Labute approximate surface area is 354 Å². The number of rotatable bonds is 8. The van der Waals surface area contributed by atoms with E-state index in [9.17, 15) is 0 Å². The molecule has 0 spiro atoms. The van der Waals surface area contributed by atoms with Crippen LogP contribution >= 0.6 is 0 Å². The van der Waals surface area contributed by atoms with E-state index in [1.807, 2.05) is 30.3 Å². The summed E-state index contributed by atoms with van der Waals surface area (Å²) in [4.78, 5) is 10.7. The minimum Gasteiger partial charge on any atom is -0.456 e. The fourth-order valence-electron chi connectivity index (χ4n) is 8.44. The molecule has 0 aliphatic rings. The molecule has 0 unspecified atom stereocenters. The van der Waals surface area contributed by atoms with E-state index in [4.69, 9.17) is 14.4 Å². The van der Waals surface area contributed by atoms with Gasteiger partial charge in [-0.1, -0.05) is 170 Å². The lowest BCUT2D eigenvalue weighted by Crippen LogP contribution is -1.97. The minimum atomic E-state index is 0.669. The first-order valence-electron chi connectivity index (χ1n) is 20.6. The minimum absolute atomic E-state index is 0.669. The summed E-state index contributed by atoms with van der Waals surface area (Å²) in [6, 6.07) is 81.3. The quantitative estimate of drug-likeness (QED) is 0.154. The van der Waals surface area contributed by atoms with Gasteiger partial charge in [0.05, 0.1) is 11.4 Å².